The van der Waals surface area contributed by atoms with Crippen molar-refractivity contribution in [2.45, 2.75) is 71.4 Å². The Kier molecular flexibility index (Phi) is 6.49. The topological polar surface area (TPSA) is 72.9 Å². The van der Waals surface area contributed by atoms with Gasteiger partial charge in [-0.15, -0.1) is 0 Å². The maximum atomic E-state index is 12.5. The molecule has 0 spiro atoms. The number of likely N-dealkylation sites (tertiary alicyclic amines) is 1. The maximum Gasteiger partial charge on any atom is 0.317 e. The van der Waals surface area contributed by atoms with Gasteiger partial charge in [-0.25, -0.2) is 4.79 Å². The van der Waals surface area contributed by atoms with Gasteiger partial charge in [0, 0.05) is 25.2 Å². The molecular weight excluding hydrogens is 306 g/mol. The third-order valence-corrected chi connectivity index (χ3v) is 5.68. The van der Waals surface area contributed by atoms with E-state index in [2.05, 4.69) is 19.2 Å². The molecule has 0 aromatic rings. The van der Waals surface area contributed by atoms with Crippen LogP contribution in [0.3, 0.4) is 0 Å². The van der Waals surface area contributed by atoms with Gasteiger partial charge < -0.3 is 15.3 Å². The molecule has 138 valence electrons. The van der Waals surface area contributed by atoms with Crippen molar-refractivity contribution in [2.24, 2.45) is 5.41 Å². The quantitative estimate of drug-likeness (QED) is 0.807. The second-order valence-electron chi connectivity index (χ2n) is 8.06. The fraction of sp³-hybridized carbons (Fsp3) is 0.889. The van der Waals surface area contributed by atoms with E-state index in [9.17, 15) is 9.59 Å². The van der Waals surface area contributed by atoms with Crippen molar-refractivity contribution in [3.8, 4) is 0 Å². The van der Waals surface area contributed by atoms with E-state index in [1.165, 1.54) is 12.8 Å². The number of aliphatic carboxylic acids is 1. The Morgan fingerprint density at radius 1 is 1.17 bits per heavy atom. The number of carbonyl (C=O) groups is 2. The summed E-state index contributed by atoms with van der Waals surface area (Å²) < 4.78 is 0. The van der Waals surface area contributed by atoms with Crippen molar-refractivity contribution in [1.29, 1.82) is 0 Å². The lowest BCUT2D eigenvalue weighted by Crippen LogP contribution is -2.52. The number of hydrogen-bond acceptors (Lipinski definition) is 3. The zero-order chi connectivity index (χ0) is 17.7. The summed E-state index contributed by atoms with van der Waals surface area (Å²) in [6, 6.07) is 0.632. The highest BCUT2D eigenvalue weighted by atomic mass is 16.4. The van der Waals surface area contributed by atoms with Crippen molar-refractivity contribution in [2.75, 3.05) is 26.2 Å². The number of carboxylic acids is 1. The van der Waals surface area contributed by atoms with Crippen LogP contribution < -0.4 is 5.32 Å². The fourth-order valence-corrected chi connectivity index (χ4v) is 3.92. The van der Waals surface area contributed by atoms with Gasteiger partial charge in [-0.1, -0.05) is 20.8 Å². The van der Waals surface area contributed by atoms with Gasteiger partial charge in [-0.3, -0.25) is 9.69 Å². The number of likely N-dealkylation sites (N-methyl/N-ethyl adjacent to an activating group) is 1. The van der Waals surface area contributed by atoms with Gasteiger partial charge in [0.1, 0.15) is 0 Å². The van der Waals surface area contributed by atoms with Crippen LogP contribution in [0, 0.1) is 5.41 Å². The molecule has 6 heteroatoms. The minimum absolute atomic E-state index is 0.0550. The molecule has 0 aromatic carbocycles. The van der Waals surface area contributed by atoms with Crippen LogP contribution >= 0.6 is 0 Å². The Bertz CT molecular complexity index is 435. The Morgan fingerprint density at radius 2 is 1.75 bits per heavy atom. The third-order valence-electron chi connectivity index (χ3n) is 5.68. The summed E-state index contributed by atoms with van der Waals surface area (Å²) in [4.78, 5) is 27.3. The fourth-order valence-electron chi connectivity index (χ4n) is 3.92. The van der Waals surface area contributed by atoms with Crippen molar-refractivity contribution in [1.82, 2.24) is 15.1 Å². The van der Waals surface area contributed by atoms with Gasteiger partial charge in [0.05, 0.1) is 6.54 Å². The van der Waals surface area contributed by atoms with E-state index in [1.807, 2.05) is 16.7 Å². The molecule has 6 nitrogen and oxygen atoms in total. The smallest absolute Gasteiger partial charge is 0.317 e. The summed E-state index contributed by atoms with van der Waals surface area (Å²) in [5.74, 6) is -0.780. The van der Waals surface area contributed by atoms with Crippen LogP contribution in [0.1, 0.15) is 59.3 Å². The molecule has 0 atom stereocenters. The van der Waals surface area contributed by atoms with Crippen molar-refractivity contribution in [3.05, 3.63) is 0 Å². The lowest BCUT2D eigenvalue weighted by atomic mass is 9.75. The number of amides is 2. The van der Waals surface area contributed by atoms with Crippen molar-refractivity contribution in [3.63, 3.8) is 0 Å². The molecule has 1 aliphatic heterocycles. The second kappa shape index (κ2) is 8.19. The Hall–Kier alpha value is -1.30. The van der Waals surface area contributed by atoms with Crippen LogP contribution in [-0.2, 0) is 4.79 Å². The monoisotopic (exact) mass is 339 g/mol. The maximum absolute atomic E-state index is 12.5. The van der Waals surface area contributed by atoms with Crippen LogP contribution in [0.2, 0.25) is 0 Å². The molecule has 1 saturated carbocycles. The van der Waals surface area contributed by atoms with Crippen molar-refractivity contribution >= 4 is 12.0 Å². The summed E-state index contributed by atoms with van der Waals surface area (Å²) in [7, 11) is 0. The molecule has 2 aliphatic rings. The van der Waals surface area contributed by atoms with Crippen LogP contribution in [0.25, 0.3) is 0 Å². The highest BCUT2D eigenvalue weighted by Gasteiger charge is 2.30. The molecule has 0 bridgehead atoms. The number of carboxylic acid groups (broad SMARTS) is 1. The molecule has 0 unspecified atom stereocenters. The zero-order valence-corrected chi connectivity index (χ0v) is 15.4. The summed E-state index contributed by atoms with van der Waals surface area (Å²) >= 11 is 0. The average Bonchev–Trinajstić information content (AvgIpc) is 2.54. The first-order valence-corrected chi connectivity index (χ1v) is 9.32. The standard InChI is InChI=1S/C18H33N3O3/c1-4-20(13-16(22)23)15-7-11-21(12-8-15)17(24)19-14-5-9-18(2,3)10-6-14/h14-15H,4-13H2,1-3H3,(H,19,24)(H,22,23). The summed E-state index contributed by atoms with van der Waals surface area (Å²) in [5, 5.41) is 12.2. The van der Waals surface area contributed by atoms with Crippen LogP contribution in [0.15, 0.2) is 0 Å². The van der Waals surface area contributed by atoms with Gasteiger partial charge >= 0.3 is 12.0 Å². The summed E-state index contributed by atoms with van der Waals surface area (Å²) in [6.07, 6.45) is 6.18. The van der Waals surface area contributed by atoms with E-state index in [4.69, 9.17) is 5.11 Å². The first-order valence-electron chi connectivity index (χ1n) is 9.32. The largest absolute Gasteiger partial charge is 0.480 e. The number of piperidine rings is 1. The molecule has 1 aliphatic carbocycles. The third kappa shape index (κ3) is 5.36. The molecule has 1 heterocycles. The van der Waals surface area contributed by atoms with E-state index in [0.717, 1.165) is 32.2 Å². The molecule has 2 fully saturated rings. The van der Waals surface area contributed by atoms with E-state index < -0.39 is 5.97 Å². The highest BCUT2D eigenvalue weighted by molar-refractivity contribution is 5.74. The number of urea groups is 1. The molecule has 0 aromatic heterocycles. The lowest BCUT2D eigenvalue weighted by Gasteiger charge is -2.39. The van der Waals surface area contributed by atoms with Gasteiger partial charge in [-0.2, -0.15) is 0 Å². The Labute approximate surface area is 145 Å². The van der Waals surface area contributed by atoms with E-state index >= 15 is 0 Å². The predicted octanol–water partition coefficient (Wildman–Crippen LogP) is 2.54. The van der Waals surface area contributed by atoms with E-state index in [-0.39, 0.29) is 18.6 Å². The van der Waals surface area contributed by atoms with Gasteiger partial charge in [-0.05, 0) is 50.5 Å². The number of hydrogen-bond donors (Lipinski definition) is 2. The number of rotatable bonds is 5. The molecule has 1 saturated heterocycles. The van der Waals surface area contributed by atoms with Gasteiger partial charge in [0.25, 0.3) is 0 Å². The average molecular weight is 339 g/mol. The van der Waals surface area contributed by atoms with Gasteiger partial charge in [0.15, 0.2) is 0 Å². The number of nitrogens with one attached hydrogen (secondary N) is 1. The van der Waals surface area contributed by atoms with Crippen molar-refractivity contribution < 1.29 is 14.7 Å². The minimum Gasteiger partial charge on any atom is -0.480 e. The van der Waals surface area contributed by atoms with Crippen LogP contribution in [-0.4, -0.2) is 65.2 Å². The normalized spacial score (nSPS) is 22.6. The lowest BCUT2D eigenvalue weighted by molar-refractivity contribution is -0.139. The second-order valence-corrected chi connectivity index (χ2v) is 8.06. The molecule has 0 radical (unpaired) electrons. The van der Waals surface area contributed by atoms with Crippen LogP contribution in [0.4, 0.5) is 4.79 Å². The van der Waals surface area contributed by atoms with Crippen LogP contribution in [0.5, 0.6) is 0 Å². The summed E-state index contributed by atoms with van der Waals surface area (Å²) in [6.45, 7) is 8.84. The molecule has 2 amide bonds. The number of carbonyl (C=O) groups excluding carboxylic acids is 1. The van der Waals surface area contributed by atoms with E-state index in [1.54, 1.807) is 0 Å². The Balaban J connectivity index is 1.75. The molecule has 24 heavy (non-hydrogen) atoms. The number of nitrogens with zero attached hydrogens (tertiary/aromatic N) is 2. The summed E-state index contributed by atoms with van der Waals surface area (Å²) in [5.41, 5.74) is 0.410. The van der Waals surface area contributed by atoms with Gasteiger partial charge in [0.2, 0.25) is 0 Å². The first kappa shape index (κ1) is 19.0. The molecular formula is C18H33N3O3. The van der Waals surface area contributed by atoms with E-state index in [0.29, 0.717) is 24.5 Å². The first-order chi connectivity index (χ1) is 11.3. The molecule has 2 rings (SSSR count). The predicted molar refractivity (Wildman–Crippen MR) is 94.0 cm³/mol. The zero-order valence-electron chi connectivity index (χ0n) is 15.4. The molecule has 2 N–H and O–H groups in total. The highest BCUT2D eigenvalue weighted by Crippen LogP contribution is 2.35. The SMILES string of the molecule is CCN(CC(=O)O)C1CCN(C(=O)NC2CCC(C)(C)CC2)CC1. The Morgan fingerprint density at radius 3 is 2.25 bits per heavy atom. The minimum atomic E-state index is -0.780.